The van der Waals surface area contributed by atoms with Crippen LogP contribution in [0.1, 0.15) is 78.5 Å². The molecule has 11 heteroatoms. The molecule has 8 rings (SSSR count). The molecule has 0 bridgehead atoms. The highest BCUT2D eigenvalue weighted by molar-refractivity contribution is 6.04. The first-order chi connectivity index (χ1) is 22.7. The first kappa shape index (κ1) is 30.4. The molecule has 2 aromatic rings. The fraction of sp³-hybridized carbons (Fsp3) is 0.583. The van der Waals surface area contributed by atoms with Gasteiger partial charge in [0.2, 0.25) is 0 Å². The van der Waals surface area contributed by atoms with Crippen molar-refractivity contribution in [2.75, 3.05) is 52.5 Å². The van der Waals surface area contributed by atoms with Crippen molar-refractivity contribution in [3.8, 4) is 23.0 Å². The average Bonchev–Trinajstić information content (AvgIpc) is 3.96. The molecule has 2 saturated heterocycles. The molecule has 4 heterocycles. The highest BCUT2D eigenvalue weighted by Crippen LogP contribution is 2.57. The number of aliphatic imine (C=N–C) groups is 1. The quantitative estimate of drug-likeness (QED) is 0.367. The van der Waals surface area contributed by atoms with Gasteiger partial charge in [-0.15, -0.1) is 0 Å². The van der Waals surface area contributed by atoms with Gasteiger partial charge in [-0.2, -0.15) is 0 Å². The predicted octanol–water partition coefficient (Wildman–Crippen LogP) is 4.81. The maximum absolute atomic E-state index is 13.6. The third-order valence-electron chi connectivity index (χ3n) is 11.4. The highest BCUT2D eigenvalue weighted by atomic mass is 16.5. The number of rotatable bonds is 10. The lowest BCUT2D eigenvalue weighted by molar-refractivity contribution is 0.0526. The predicted molar refractivity (Wildman–Crippen MR) is 176 cm³/mol. The summed E-state index contributed by atoms with van der Waals surface area (Å²) in [5.41, 5.74) is 2.87. The van der Waals surface area contributed by atoms with Gasteiger partial charge in [-0.3, -0.25) is 14.6 Å². The van der Waals surface area contributed by atoms with Gasteiger partial charge >= 0.3 is 0 Å². The number of benzene rings is 2. The van der Waals surface area contributed by atoms with Gasteiger partial charge in [-0.1, -0.05) is 0 Å². The number of hydrogen-bond acceptors (Lipinski definition) is 9. The number of fused-ring (bicyclic) bond motifs is 4. The van der Waals surface area contributed by atoms with Gasteiger partial charge in [0.1, 0.15) is 6.23 Å². The van der Waals surface area contributed by atoms with Gasteiger partial charge < -0.3 is 38.8 Å². The molecular weight excluding hydrogens is 600 g/mol. The van der Waals surface area contributed by atoms with E-state index in [1.54, 1.807) is 31.3 Å². The molecule has 0 radical (unpaired) electrons. The number of aliphatic hydroxyl groups is 1. The van der Waals surface area contributed by atoms with Gasteiger partial charge in [0.05, 0.1) is 62.0 Å². The number of carbonyl (C=O) groups is 2. The maximum Gasteiger partial charge on any atom is 0.256 e. The lowest BCUT2D eigenvalue weighted by Gasteiger charge is -2.31. The van der Waals surface area contributed by atoms with Crippen LogP contribution in [0.25, 0.3) is 0 Å². The Morgan fingerprint density at radius 1 is 0.787 bits per heavy atom. The average molecular weight is 645 g/mol. The van der Waals surface area contributed by atoms with Gasteiger partial charge in [-0.05, 0) is 80.8 Å². The second-order valence-corrected chi connectivity index (χ2v) is 14.5. The Labute approximate surface area is 275 Å². The normalized spacial score (nSPS) is 25.6. The number of unbranched alkanes of at least 4 members (excludes halogenated alkanes) is 2. The summed E-state index contributed by atoms with van der Waals surface area (Å²) < 4.78 is 23.5. The number of anilines is 1. The second kappa shape index (κ2) is 11.3. The minimum Gasteiger partial charge on any atom is -0.493 e. The van der Waals surface area contributed by atoms with Crippen molar-refractivity contribution < 1.29 is 33.6 Å². The third-order valence-corrected chi connectivity index (χ3v) is 11.4. The Morgan fingerprint density at radius 3 is 2.04 bits per heavy atom. The Bertz CT molecular complexity index is 1630. The summed E-state index contributed by atoms with van der Waals surface area (Å²) in [6, 6.07) is 7.00. The van der Waals surface area contributed by atoms with Crippen LogP contribution in [0.5, 0.6) is 23.0 Å². The van der Waals surface area contributed by atoms with Crippen molar-refractivity contribution in [1.29, 1.82) is 0 Å². The molecule has 0 aromatic heterocycles. The summed E-state index contributed by atoms with van der Waals surface area (Å²) in [4.78, 5) is 37.4. The fourth-order valence-electron chi connectivity index (χ4n) is 8.12. The second-order valence-electron chi connectivity index (χ2n) is 14.5. The van der Waals surface area contributed by atoms with E-state index in [4.69, 9.17) is 23.9 Å². The molecule has 6 aliphatic rings. The number of methoxy groups -OCH3 is 2. The summed E-state index contributed by atoms with van der Waals surface area (Å²) in [5, 5.41) is 11.2. The number of likely N-dealkylation sites (N-methyl/N-ethyl adjacent to an activating group) is 1. The highest BCUT2D eigenvalue weighted by Gasteiger charge is 2.57. The molecule has 3 atom stereocenters. The Balaban J connectivity index is 0.864. The molecule has 2 aliphatic carbocycles. The Kier molecular flexibility index (Phi) is 7.31. The van der Waals surface area contributed by atoms with Gasteiger partial charge in [0.15, 0.2) is 23.0 Å². The smallest absolute Gasteiger partial charge is 0.256 e. The topological polar surface area (TPSA) is 113 Å². The van der Waals surface area contributed by atoms with Gasteiger partial charge in [-0.25, -0.2) is 0 Å². The summed E-state index contributed by atoms with van der Waals surface area (Å²) >= 11 is 0. The molecular formula is C36H44N4O7. The van der Waals surface area contributed by atoms with Crippen molar-refractivity contribution in [2.45, 2.75) is 76.1 Å². The van der Waals surface area contributed by atoms with Crippen LogP contribution >= 0.6 is 0 Å². The number of carbonyl (C=O) groups excluding carboxylic acids is 2. The van der Waals surface area contributed by atoms with Crippen LogP contribution in [-0.4, -0.2) is 98.8 Å². The van der Waals surface area contributed by atoms with Crippen LogP contribution in [0.4, 0.5) is 11.4 Å². The minimum absolute atomic E-state index is 0.0171. The zero-order valence-corrected chi connectivity index (χ0v) is 27.5. The van der Waals surface area contributed by atoms with Crippen molar-refractivity contribution in [2.24, 2.45) is 15.8 Å². The number of amides is 2. The van der Waals surface area contributed by atoms with Gasteiger partial charge in [0.25, 0.3) is 11.8 Å². The number of aliphatic hydroxyl groups excluding tert-OH is 1. The van der Waals surface area contributed by atoms with E-state index in [1.807, 2.05) is 35.2 Å². The van der Waals surface area contributed by atoms with E-state index >= 15 is 0 Å². The minimum atomic E-state index is -0.779. The Hall–Kier alpha value is -3.99. The van der Waals surface area contributed by atoms with Crippen molar-refractivity contribution >= 4 is 29.4 Å². The number of hydrogen-bond donors (Lipinski definition) is 1. The van der Waals surface area contributed by atoms with Crippen molar-refractivity contribution in [3.05, 3.63) is 35.4 Å². The first-order valence-corrected chi connectivity index (χ1v) is 17.0. The van der Waals surface area contributed by atoms with Crippen LogP contribution in [0.15, 0.2) is 29.3 Å². The van der Waals surface area contributed by atoms with Crippen LogP contribution in [0, 0.1) is 10.8 Å². The molecule has 2 saturated carbocycles. The molecule has 47 heavy (non-hydrogen) atoms. The molecule has 250 valence electrons. The van der Waals surface area contributed by atoms with Crippen LogP contribution in [0.2, 0.25) is 0 Å². The Morgan fingerprint density at radius 2 is 1.38 bits per heavy atom. The molecule has 1 N–H and O–H groups in total. The van der Waals surface area contributed by atoms with E-state index in [2.05, 4.69) is 0 Å². The summed E-state index contributed by atoms with van der Waals surface area (Å²) in [5.74, 6) is 2.13. The van der Waals surface area contributed by atoms with Crippen molar-refractivity contribution in [3.63, 3.8) is 0 Å². The van der Waals surface area contributed by atoms with Crippen molar-refractivity contribution in [1.82, 2.24) is 9.80 Å². The maximum atomic E-state index is 13.6. The molecule has 2 aromatic carbocycles. The van der Waals surface area contributed by atoms with E-state index in [0.717, 1.165) is 51.5 Å². The van der Waals surface area contributed by atoms with E-state index in [1.165, 1.54) is 12.8 Å². The molecule has 4 fully saturated rings. The first-order valence-electron chi connectivity index (χ1n) is 17.0. The molecule has 2 unspecified atom stereocenters. The zero-order chi connectivity index (χ0) is 32.5. The molecule has 2 amide bonds. The third kappa shape index (κ3) is 5.27. The monoisotopic (exact) mass is 644 g/mol. The molecule has 11 nitrogen and oxygen atoms in total. The van der Waals surface area contributed by atoms with Crippen LogP contribution in [-0.2, 0) is 0 Å². The largest absolute Gasteiger partial charge is 0.493 e. The van der Waals surface area contributed by atoms with E-state index in [0.29, 0.717) is 70.7 Å². The standard InChI is InChI=1S/C36H44N4O7/c1-38-26-16-31(29(45-3)14-24(26)33(42)40-21-36(9-10-36)18-27(40)34(38)43)47-12-6-4-5-11-46-30-15-25-23(13-28(30)44-2)32(41)39-20-35(7-8-35)17-22(39)19-37-25/h13-16,19,22,27,34,43H,4-12,17-18,20-21H2,1-3H3/t22-,27?,34?/m0/s1. The summed E-state index contributed by atoms with van der Waals surface area (Å²) in [7, 11) is 5.00. The summed E-state index contributed by atoms with van der Waals surface area (Å²) in [6.45, 7) is 2.46. The van der Waals surface area contributed by atoms with E-state index < -0.39 is 6.23 Å². The lowest BCUT2D eigenvalue weighted by atomic mass is 10.0. The van der Waals surface area contributed by atoms with Crippen LogP contribution < -0.4 is 23.8 Å². The lowest BCUT2D eigenvalue weighted by Crippen LogP contribution is -2.47. The number of nitrogens with zero attached hydrogens (tertiary/aromatic N) is 4. The zero-order valence-electron chi connectivity index (χ0n) is 27.5. The van der Waals surface area contributed by atoms with E-state index in [-0.39, 0.29) is 29.3 Å². The van der Waals surface area contributed by atoms with E-state index in [9.17, 15) is 14.7 Å². The van der Waals surface area contributed by atoms with Crippen LogP contribution in [0.3, 0.4) is 0 Å². The molecule has 2 spiro atoms. The number of ether oxygens (including phenoxy) is 4. The fourth-order valence-corrected chi connectivity index (χ4v) is 8.12. The summed E-state index contributed by atoms with van der Waals surface area (Å²) in [6.07, 6.45) is 10.1. The molecule has 4 aliphatic heterocycles. The van der Waals surface area contributed by atoms with Gasteiger partial charge in [0, 0.05) is 38.5 Å². The SMILES string of the molecule is COc1cc2c(cc1OCCCCCOc1cc3c(cc1OC)C(=O)N1CC4(CC4)CC1C(O)N3C)N=C[C@@H]1CC3(CC3)CN1C2=O.